The number of benzene rings is 1. The molecular weight excluding hydrogens is 524 g/mol. The topological polar surface area (TPSA) is 151 Å². The number of aliphatic hydroxyl groups excluding tert-OH is 2. The number of hydrogen-bond donors (Lipinski definition) is 4. The number of carbonyl (C=O) groups is 2. The Bertz CT molecular complexity index is 1480. The number of methoxy groups -OCH3 is 1. The van der Waals surface area contributed by atoms with Crippen molar-refractivity contribution in [3.8, 4) is 11.8 Å². The molecule has 2 aliphatic carbocycles. The number of hydrogen-bond acceptors (Lipinski definition) is 9. The number of halogens is 1. The molecule has 3 aromatic rings. The number of unbranched alkanes of at least 4 members (excludes halogenated alkanes) is 1. The maximum Gasteiger partial charge on any atom is 0.305 e. The molecule has 204 valence electrons. The van der Waals surface area contributed by atoms with E-state index < -0.39 is 23.7 Å². The van der Waals surface area contributed by atoms with E-state index in [0.717, 1.165) is 5.56 Å². The molecule has 12 heteroatoms. The lowest BCUT2D eigenvalue weighted by Crippen LogP contribution is -2.41. The Kier molecular flexibility index (Phi) is 7.44. The molecule has 0 spiro atoms. The van der Waals surface area contributed by atoms with E-state index in [0.29, 0.717) is 47.8 Å². The third kappa shape index (κ3) is 4.91. The highest BCUT2D eigenvalue weighted by Gasteiger charge is 2.75. The highest BCUT2D eigenvalue weighted by Crippen LogP contribution is 2.67. The molecule has 0 unspecified atom stereocenters. The first kappa shape index (κ1) is 26.9. The molecule has 2 fully saturated rings. The second-order valence-electron chi connectivity index (χ2n) is 9.79. The summed E-state index contributed by atoms with van der Waals surface area (Å²) in [7, 11) is 2.87. The van der Waals surface area contributed by atoms with E-state index in [-0.39, 0.29) is 30.0 Å². The van der Waals surface area contributed by atoms with Gasteiger partial charge in [0.1, 0.15) is 6.10 Å². The summed E-state index contributed by atoms with van der Waals surface area (Å²) in [4.78, 5) is 37.7. The van der Waals surface area contributed by atoms with Crippen LogP contribution in [0.25, 0.3) is 11.2 Å². The monoisotopic (exact) mass is 552 g/mol. The van der Waals surface area contributed by atoms with E-state index in [1.807, 2.05) is 18.2 Å². The molecule has 2 heterocycles. The number of amides is 1. The van der Waals surface area contributed by atoms with Crippen LogP contribution in [0, 0.1) is 23.2 Å². The van der Waals surface area contributed by atoms with Crippen LogP contribution in [0.4, 0.5) is 5.82 Å². The fourth-order valence-corrected chi connectivity index (χ4v) is 5.71. The summed E-state index contributed by atoms with van der Waals surface area (Å²) in [5.74, 6) is 5.77. The minimum atomic E-state index is -1.21. The fourth-order valence-electron chi connectivity index (χ4n) is 5.50. The fraction of sp³-hybridized carbons (Fsp3) is 0.444. The number of nitrogens with one attached hydrogen (secondary N) is 2. The van der Waals surface area contributed by atoms with Gasteiger partial charge in [0.05, 0.1) is 31.0 Å². The van der Waals surface area contributed by atoms with Crippen molar-refractivity contribution in [2.75, 3.05) is 19.5 Å². The number of esters is 1. The van der Waals surface area contributed by atoms with Crippen LogP contribution in [-0.2, 0) is 20.9 Å². The number of anilines is 1. The van der Waals surface area contributed by atoms with Gasteiger partial charge in [-0.15, -0.1) is 0 Å². The first-order chi connectivity index (χ1) is 18.8. The van der Waals surface area contributed by atoms with Crippen molar-refractivity contribution < 1.29 is 24.5 Å². The molecule has 5 rings (SSSR count). The Balaban J connectivity index is 1.48. The van der Waals surface area contributed by atoms with Crippen LogP contribution in [0.2, 0.25) is 5.02 Å². The number of nitrogens with zero attached hydrogens (tertiary/aromatic N) is 4. The number of aliphatic hydroxyl groups is 2. The van der Waals surface area contributed by atoms with E-state index in [9.17, 15) is 19.8 Å². The first-order valence-electron chi connectivity index (χ1n) is 12.7. The summed E-state index contributed by atoms with van der Waals surface area (Å²) >= 11 is 6.13. The maximum absolute atomic E-state index is 12.6. The molecular formula is C27H29ClN6O5. The SMILES string of the molecule is CNC(=O)[C@@]12C[C@@H]1[C@@H](n1cnc3c(NCc4cccc(Cl)c4)nc(C#CCCCC(=O)OC)nc31)[C@H](O)[C@@H]2O. The van der Waals surface area contributed by atoms with Crippen LogP contribution in [-0.4, -0.2) is 68.0 Å². The molecule has 2 aliphatic rings. The van der Waals surface area contributed by atoms with Crippen LogP contribution >= 0.6 is 11.6 Å². The van der Waals surface area contributed by atoms with Crippen molar-refractivity contribution in [2.45, 2.75) is 50.5 Å². The number of fused-ring (bicyclic) bond motifs is 2. The quantitative estimate of drug-likeness (QED) is 0.186. The Morgan fingerprint density at radius 3 is 2.87 bits per heavy atom. The molecule has 39 heavy (non-hydrogen) atoms. The summed E-state index contributed by atoms with van der Waals surface area (Å²) < 4.78 is 6.37. The van der Waals surface area contributed by atoms with E-state index >= 15 is 0 Å². The summed E-state index contributed by atoms with van der Waals surface area (Å²) in [5.41, 5.74) is 0.798. The Hall–Kier alpha value is -3.72. The van der Waals surface area contributed by atoms with Gasteiger partial charge < -0.3 is 30.2 Å². The molecule has 4 N–H and O–H groups in total. The standard InChI is InChI=1S/C27H29ClN6O5/c1-29-26(38)27-12-17(27)21(22(36)23(27)37)34-14-31-20-24(30-13-15-7-6-8-16(28)11-15)32-18(33-25(20)34)9-4-3-5-10-19(35)39-2/h6-8,11,14,17,21-23,36-37H,3,5,10,12-13H2,1-2H3,(H,29,38)(H,30,32,33)/t17-,21-,22+,23+,27+/m1/s1. The third-order valence-electron chi connectivity index (χ3n) is 7.52. The number of carbonyl (C=O) groups excluding carboxylic acids is 2. The van der Waals surface area contributed by atoms with E-state index in [1.54, 1.807) is 17.0 Å². The molecule has 2 saturated carbocycles. The zero-order chi connectivity index (χ0) is 27.7. The van der Waals surface area contributed by atoms with Crippen LogP contribution in [0.1, 0.15) is 43.1 Å². The molecule has 2 aromatic heterocycles. The summed E-state index contributed by atoms with van der Waals surface area (Å²) in [6.07, 6.45) is 0.871. The molecule has 11 nitrogen and oxygen atoms in total. The number of aromatic nitrogens is 4. The van der Waals surface area contributed by atoms with Gasteiger partial charge >= 0.3 is 5.97 Å². The third-order valence-corrected chi connectivity index (χ3v) is 7.76. The average Bonchev–Trinajstić information content (AvgIpc) is 3.47. The number of imidazole rings is 1. The summed E-state index contributed by atoms with van der Waals surface area (Å²) in [6.45, 7) is 0.415. The second kappa shape index (κ2) is 10.8. The van der Waals surface area contributed by atoms with E-state index in [4.69, 9.17) is 11.6 Å². The van der Waals surface area contributed by atoms with Gasteiger partial charge in [-0.25, -0.2) is 15.0 Å². The smallest absolute Gasteiger partial charge is 0.305 e. The van der Waals surface area contributed by atoms with Gasteiger partial charge in [0, 0.05) is 37.4 Å². The Morgan fingerprint density at radius 1 is 1.31 bits per heavy atom. The zero-order valence-corrected chi connectivity index (χ0v) is 22.3. The molecule has 1 amide bonds. The predicted octanol–water partition coefficient (Wildman–Crippen LogP) is 1.82. The highest BCUT2D eigenvalue weighted by atomic mass is 35.5. The lowest BCUT2D eigenvalue weighted by atomic mass is 9.98. The lowest BCUT2D eigenvalue weighted by Gasteiger charge is -2.23. The average molecular weight is 553 g/mol. The lowest BCUT2D eigenvalue weighted by molar-refractivity contribution is -0.140. The molecule has 0 bridgehead atoms. The largest absolute Gasteiger partial charge is 0.469 e. The summed E-state index contributed by atoms with van der Waals surface area (Å²) in [5, 5.41) is 28.3. The Morgan fingerprint density at radius 2 is 2.13 bits per heavy atom. The van der Waals surface area contributed by atoms with Gasteiger partial charge in [0.15, 0.2) is 17.0 Å². The summed E-state index contributed by atoms with van der Waals surface area (Å²) in [6, 6.07) is 6.82. The van der Waals surface area contributed by atoms with Crippen molar-refractivity contribution >= 4 is 40.5 Å². The number of ether oxygens (including phenoxy) is 1. The first-order valence-corrected chi connectivity index (χ1v) is 13.0. The van der Waals surface area contributed by atoms with Crippen LogP contribution in [0.15, 0.2) is 30.6 Å². The second-order valence-corrected chi connectivity index (χ2v) is 10.2. The van der Waals surface area contributed by atoms with E-state index in [1.165, 1.54) is 14.2 Å². The van der Waals surface area contributed by atoms with Crippen LogP contribution in [0.5, 0.6) is 0 Å². The van der Waals surface area contributed by atoms with E-state index in [2.05, 4.69) is 42.2 Å². The maximum atomic E-state index is 12.6. The van der Waals surface area contributed by atoms with Crippen LogP contribution < -0.4 is 10.6 Å². The molecule has 1 aromatic carbocycles. The predicted molar refractivity (Wildman–Crippen MR) is 143 cm³/mol. The zero-order valence-electron chi connectivity index (χ0n) is 21.5. The highest BCUT2D eigenvalue weighted by molar-refractivity contribution is 6.30. The number of rotatable bonds is 8. The van der Waals surface area contributed by atoms with Gasteiger partial charge in [-0.1, -0.05) is 29.7 Å². The van der Waals surface area contributed by atoms with Gasteiger partial charge in [0.2, 0.25) is 11.7 Å². The molecule has 0 radical (unpaired) electrons. The minimum Gasteiger partial charge on any atom is -0.469 e. The van der Waals surface area contributed by atoms with Crippen molar-refractivity contribution in [1.82, 2.24) is 24.8 Å². The van der Waals surface area contributed by atoms with Gasteiger partial charge in [-0.2, -0.15) is 0 Å². The normalized spacial score (nSPS) is 24.9. The van der Waals surface area contributed by atoms with Gasteiger partial charge in [-0.05, 0) is 36.5 Å². The van der Waals surface area contributed by atoms with Crippen molar-refractivity contribution in [3.63, 3.8) is 0 Å². The minimum absolute atomic E-state index is 0.234. The van der Waals surface area contributed by atoms with Crippen molar-refractivity contribution in [2.24, 2.45) is 11.3 Å². The molecule has 5 atom stereocenters. The van der Waals surface area contributed by atoms with Gasteiger partial charge in [0.25, 0.3) is 0 Å². The Labute approximate surface area is 230 Å². The molecule has 0 saturated heterocycles. The van der Waals surface area contributed by atoms with Crippen molar-refractivity contribution in [3.05, 3.63) is 47.0 Å². The van der Waals surface area contributed by atoms with Crippen LogP contribution in [0.3, 0.4) is 0 Å². The van der Waals surface area contributed by atoms with Gasteiger partial charge in [-0.3, -0.25) is 9.59 Å². The molecule has 0 aliphatic heterocycles. The van der Waals surface area contributed by atoms with Crippen molar-refractivity contribution in [1.29, 1.82) is 0 Å².